The van der Waals surface area contributed by atoms with E-state index >= 15 is 0 Å². The molecule has 2 fully saturated rings. The number of rotatable bonds is 6. The van der Waals surface area contributed by atoms with Crippen molar-refractivity contribution in [1.82, 2.24) is 18.8 Å². The van der Waals surface area contributed by atoms with Gasteiger partial charge in [-0.1, -0.05) is 0 Å². The van der Waals surface area contributed by atoms with Crippen LogP contribution in [0.15, 0.2) is 17.6 Å². The van der Waals surface area contributed by atoms with Gasteiger partial charge in [0.1, 0.15) is 0 Å². The summed E-state index contributed by atoms with van der Waals surface area (Å²) in [5.74, 6) is 0.180. The first-order valence-corrected chi connectivity index (χ1v) is 9.65. The molecule has 0 aromatic carbocycles. The zero-order valence-electron chi connectivity index (χ0n) is 14.5. The van der Waals surface area contributed by atoms with Crippen LogP contribution in [0.3, 0.4) is 0 Å². The third-order valence-corrected chi connectivity index (χ3v) is 6.87. The van der Waals surface area contributed by atoms with Crippen LogP contribution in [-0.4, -0.2) is 86.3 Å². The Morgan fingerprint density at radius 2 is 2.12 bits per heavy atom. The van der Waals surface area contributed by atoms with E-state index in [1.165, 1.54) is 6.33 Å². The molecule has 9 heteroatoms. The Balaban J connectivity index is 1.84. The molecule has 8 nitrogen and oxygen atoms in total. The van der Waals surface area contributed by atoms with E-state index in [-0.39, 0.29) is 23.1 Å². The molecule has 2 aliphatic rings. The lowest BCUT2D eigenvalue weighted by molar-refractivity contribution is 0.00212. The number of fused-ring (bicyclic) bond motifs is 1. The van der Waals surface area contributed by atoms with E-state index in [9.17, 15) is 8.42 Å². The minimum absolute atomic E-state index is 0.0763. The lowest BCUT2D eigenvalue weighted by Gasteiger charge is -2.39. The van der Waals surface area contributed by atoms with Gasteiger partial charge in [-0.3, -0.25) is 4.90 Å². The lowest BCUT2D eigenvalue weighted by Crippen LogP contribution is -2.53. The number of sulfonamides is 1. The summed E-state index contributed by atoms with van der Waals surface area (Å²) in [6.07, 6.45) is 3.88. The van der Waals surface area contributed by atoms with Gasteiger partial charge < -0.3 is 14.0 Å². The van der Waals surface area contributed by atoms with Crippen molar-refractivity contribution >= 4 is 10.0 Å². The fourth-order valence-electron chi connectivity index (χ4n) is 3.83. The highest BCUT2D eigenvalue weighted by Crippen LogP contribution is 2.35. The van der Waals surface area contributed by atoms with Gasteiger partial charge in [-0.2, -0.15) is 4.31 Å². The van der Waals surface area contributed by atoms with Gasteiger partial charge in [0.2, 0.25) is 0 Å². The normalized spacial score (nSPS) is 29.0. The molecule has 2 saturated heterocycles. The molecule has 3 atom stereocenters. The zero-order valence-corrected chi connectivity index (χ0v) is 15.3. The second-order valence-corrected chi connectivity index (χ2v) is 8.38. The van der Waals surface area contributed by atoms with E-state index in [2.05, 4.69) is 9.88 Å². The van der Waals surface area contributed by atoms with Gasteiger partial charge in [-0.05, 0) is 6.42 Å². The Morgan fingerprint density at radius 3 is 2.75 bits per heavy atom. The van der Waals surface area contributed by atoms with Crippen molar-refractivity contribution in [2.24, 2.45) is 13.0 Å². The molecule has 0 unspecified atom stereocenters. The Morgan fingerprint density at radius 1 is 1.33 bits per heavy atom. The molecular formula is C15H26N4O4S. The maximum absolute atomic E-state index is 13.0. The van der Waals surface area contributed by atoms with E-state index in [1.54, 1.807) is 36.3 Å². The molecule has 136 valence electrons. The predicted molar refractivity (Wildman–Crippen MR) is 88.1 cm³/mol. The van der Waals surface area contributed by atoms with Crippen molar-refractivity contribution in [3.63, 3.8) is 0 Å². The van der Waals surface area contributed by atoms with E-state index in [1.807, 2.05) is 0 Å². The molecular weight excluding hydrogens is 332 g/mol. The average Bonchev–Trinajstić information content (AvgIpc) is 3.18. The molecule has 0 bridgehead atoms. The number of imidazole rings is 1. The maximum Gasteiger partial charge on any atom is 0.262 e. The van der Waals surface area contributed by atoms with Crippen LogP contribution >= 0.6 is 0 Å². The van der Waals surface area contributed by atoms with Crippen molar-refractivity contribution < 1.29 is 17.9 Å². The topological polar surface area (TPSA) is 76.9 Å². The maximum atomic E-state index is 13.0. The summed E-state index contributed by atoms with van der Waals surface area (Å²) >= 11 is 0. The second kappa shape index (κ2) is 7.09. The molecule has 0 saturated carbocycles. The number of likely N-dealkylation sites (tertiary alicyclic amines) is 1. The molecule has 3 heterocycles. The molecule has 1 aromatic heterocycles. The number of hydrogen-bond acceptors (Lipinski definition) is 6. The third-order valence-electron chi connectivity index (χ3n) is 5.06. The van der Waals surface area contributed by atoms with Gasteiger partial charge >= 0.3 is 0 Å². The van der Waals surface area contributed by atoms with Gasteiger partial charge in [0.05, 0.1) is 19.0 Å². The number of aromatic nitrogens is 2. The minimum atomic E-state index is -3.58. The molecule has 0 N–H and O–H groups in total. The molecule has 2 aliphatic heterocycles. The Labute approximate surface area is 143 Å². The number of methoxy groups -OCH3 is 2. The highest BCUT2D eigenvalue weighted by atomic mass is 32.2. The summed E-state index contributed by atoms with van der Waals surface area (Å²) < 4.78 is 40.1. The van der Waals surface area contributed by atoms with Crippen LogP contribution in [-0.2, 0) is 26.5 Å². The average molecular weight is 358 g/mol. The van der Waals surface area contributed by atoms with Crippen LogP contribution < -0.4 is 0 Å². The summed E-state index contributed by atoms with van der Waals surface area (Å²) in [5, 5.41) is 0.120. The van der Waals surface area contributed by atoms with E-state index in [0.29, 0.717) is 26.1 Å². The molecule has 0 aliphatic carbocycles. The largest absolute Gasteiger partial charge is 0.383 e. The van der Waals surface area contributed by atoms with E-state index in [0.717, 1.165) is 13.1 Å². The summed E-state index contributed by atoms with van der Waals surface area (Å²) in [7, 11) is 1.58. The highest BCUT2D eigenvalue weighted by molar-refractivity contribution is 7.89. The molecule has 1 aromatic rings. The monoisotopic (exact) mass is 358 g/mol. The van der Waals surface area contributed by atoms with Gasteiger partial charge in [0.15, 0.2) is 5.03 Å². The van der Waals surface area contributed by atoms with Crippen LogP contribution in [0, 0.1) is 5.92 Å². The van der Waals surface area contributed by atoms with Crippen molar-refractivity contribution in [2.45, 2.75) is 23.6 Å². The standard InChI is InChI=1S/C15H26N4O4S/c1-17-10-15(16-11-17)24(20,21)19-5-4-14(23-3)12-8-18(6-7-22-2)9-13(12)19/h10-14H,4-9H2,1-3H3/t12-,13+,14-/m1/s1. The zero-order chi connectivity index (χ0) is 17.3. The van der Waals surface area contributed by atoms with E-state index in [4.69, 9.17) is 9.47 Å². The predicted octanol–water partition coefficient (Wildman–Crippen LogP) is -0.224. The Bertz CT molecular complexity index is 662. The Hall–Kier alpha value is -1.00. The van der Waals surface area contributed by atoms with Gasteiger partial charge in [0, 0.05) is 65.6 Å². The first-order chi connectivity index (χ1) is 11.5. The summed E-state index contributed by atoms with van der Waals surface area (Å²) in [5.41, 5.74) is 0. The van der Waals surface area contributed by atoms with Crippen LogP contribution in [0.4, 0.5) is 0 Å². The smallest absolute Gasteiger partial charge is 0.262 e. The van der Waals surface area contributed by atoms with Gasteiger partial charge in [-0.15, -0.1) is 0 Å². The molecule has 24 heavy (non-hydrogen) atoms. The molecule has 3 rings (SSSR count). The summed E-state index contributed by atoms with van der Waals surface area (Å²) in [6.45, 7) is 3.46. The fourth-order valence-corrected chi connectivity index (χ4v) is 5.48. The molecule has 0 radical (unpaired) electrons. The second-order valence-electron chi connectivity index (χ2n) is 6.54. The number of hydrogen-bond donors (Lipinski definition) is 0. The third kappa shape index (κ3) is 3.23. The number of nitrogens with zero attached hydrogens (tertiary/aromatic N) is 4. The number of aryl methyl sites for hydroxylation is 1. The quantitative estimate of drug-likeness (QED) is 0.700. The summed E-state index contributed by atoms with van der Waals surface area (Å²) in [4.78, 5) is 6.31. The SMILES string of the molecule is COCCN1C[C@H]2[C@H](OC)CCN(S(=O)(=O)c3cn(C)cn3)[C@H]2C1. The number of ether oxygens (including phenoxy) is 2. The van der Waals surface area contributed by atoms with Gasteiger partial charge in [-0.25, -0.2) is 13.4 Å². The minimum Gasteiger partial charge on any atom is -0.383 e. The van der Waals surface area contributed by atoms with Crippen LogP contribution in [0.25, 0.3) is 0 Å². The first kappa shape index (κ1) is 17.8. The molecule has 0 amide bonds. The van der Waals surface area contributed by atoms with Crippen molar-refractivity contribution in [2.75, 3.05) is 47.0 Å². The van der Waals surface area contributed by atoms with Crippen molar-refractivity contribution in [1.29, 1.82) is 0 Å². The van der Waals surface area contributed by atoms with Crippen molar-refractivity contribution in [3.8, 4) is 0 Å². The highest BCUT2D eigenvalue weighted by Gasteiger charge is 2.48. The fraction of sp³-hybridized carbons (Fsp3) is 0.800. The molecule has 0 spiro atoms. The van der Waals surface area contributed by atoms with E-state index < -0.39 is 10.0 Å². The number of piperidine rings is 1. The van der Waals surface area contributed by atoms with Crippen molar-refractivity contribution in [3.05, 3.63) is 12.5 Å². The van der Waals surface area contributed by atoms with Crippen LogP contribution in [0.5, 0.6) is 0 Å². The lowest BCUT2D eigenvalue weighted by atomic mass is 9.91. The summed E-state index contributed by atoms with van der Waals surface area (Å²) in [6, 6.07) is -0.0763. The first-order valence-electron chi connectivity index (χ1n) is 8.21. The van der Waals surface area contributed by atoms with Crippen LogP contribution in [0.1, 0.15) is 6.42 Å². The van der Waals surface area contributed by atoms with Gasteiger partial charge in [0.25, 0.3) is 10.0 Å². The van der Waals surface area contributed by atoms with Crippen LogP contribution in [0.2, 0.25) is 0 Å². The Kier molecular flexibility index (Phi) is 5.26.